The van der Waals surface area contributed by atoms with Gasteiger partial charge in [0.2, 0.25) is 0 Å². The van der Waals surface area contributed by atoms with Gasteiger partial charge in [0.15, 0.2) is 0 Å². The highest BCUT2D eigenvalue weighted by Crippen LogP contribution is 2.36. The standard InChI is InChI=1S/C24H18ClN3O/c1-15-23-20(9-11-26-15)22-13-17(25)12-21(24(22)28-23)16-5-7-19(8-6-16)29-14-18-4-2-3-10-27-18/h2-13,28H,14H2,1H3. The van der Waals surface area contributed by atoms with E-state index >= 15 is 0 Å². The van der Waals surface area contributed by atoms with E-state index in [0.717, 1.165) is 50.1 Å². The maximum Gasteiger partial charge on any atom is 0.130 e. The van der Waals surface area contributed by atoms with Crippen LogP contribution in [0.2, 0.25) is 5.02 Å². The van der Waals surface area contributed by atoms with Crippen LogP contribution in [0.4, 0.5) is 0 Å². The molecule has 5 rings (SSSR count). The van der Waals surface area contributed by atoms with Gasteiger partial charge in [0.25, 0.3) is 0 Å². The molecule has 3 aromatic heterocycles. The number of H-pyrrole nitrogens is 1. The fourth-order valence-corrected chi connectivity index (χ4v) is 3.84. The average molecular weight is 400 g/mol. The Labute approximate surface area is 173 Å². The SMILES string of the molecule is Cc1nccc2c1[nH]c1c(-c3ccc(OCc4ccccn4)cc3)cc(Cl)cc12. The molecule has 0 aliphatic heterocycles. The van der Waals surface area contributed by atoms with E-state index in [1.807, 2.05) is 61.7 Å². The van der Waals surface area contributed by atoms with Crippen molar-refractivity contribution in [1.82, 2.24) is 15.0 Å². The number of pyridine rings is 2. The van der Waals surface area contributed by atoms with E-state index < -0.39 is 0 Å². The van der Waals surface area contributed by atoms with Gasteiger partial charge in [-0.15, -0.1) is 0 Å². The number of nitrogens with one attached hydrogen (secondary N) is 1. The third kappa shape index (κ3) is 3.32. The lowest BCUT2D eigenvalue weighted by Gasteiger charge is -2.08. The van der Waals surface area contributed by atoms with Crippen LogP contribution in [0.1, 0.15) is 11.4 Å². The van der Waals surface area contributed by atoms with Crippen molar-refractivity contribution in [2.45, 2.75) is 13.5 Å². The molecular weight excluding hydrogens is 382 g/mol. The number of hydrogen-bond acceptors (Lipinski definition) is 3. The molecule has 0 unspecified atom stereocenters. The highest BCUT2D eigenvalue weighted by Gasteiger charge is 2.13. The lowest BCUT2D eigenvalue weighted by Crippen LogP contribution is -1.97. The van der Waals surface area contributed by atoms with Gasteiger partial charge in [-0.25, -0.2) is 0 Å². The van der Waals surface area contributed by atoms with Gasteiger partial charge in [-0.1, -0.05) is 29.8 Å². The van der Waals surface area contributed by atoms with Gasteiger partial charge in [-0.3, -0.25) is 9.97 Å². The maximum absolute atomic E-state index is 6.46. The third-order valence-corrected chi connectivity index (χ3v) is 5.28. The third-order valence-electron chi connectivity index (χ3n) is 5.06. The zero-order valence-corrected chi connectivity index (χ0v) is 16.6. The quantitative estimate of drug-likeness (QED) is 0.384. The van der Waals surface area contributed by atoms with Crippen molar-refractivity contribution in [3.63, 3.8) is 0 Å². The van der Waals surface area contributed by atoms with Crippen molar-refractivity contribution in [1.29, 1.82) is 0 Å². The van der Waals surface area contributed by atoms with E-state index in [9.17, 15) is 0 Å². The molecule has 0 spiro atoms. The lowest BCUT2D eigenvalue weighted by atomic mass is 10.0. The van der Waals surface area contributed by atoms with E-state index in [1.165, 1.54) is 0 Å². The summed E-state index contributed by atoms with van der Waals surface area (Å²) < 4.78 is 5.85. The molecular formula is C24H18ClN3O. The summed E-state index contributed by atoms with van der Waals surface area (Å²) >= 11 is 6.46. The molecule has 0 radical (unpaired) electrons. The number of aromatic nitrogens is 3. The molecule has 0 aliphatic rings. The van der Waals surface area contributed by atoms with Crippen molar-refractivity contribution in [2.75, 3.05) is 0 Å². The highest BCUT2D eigenvalue weighted by atomic mass is 35.5. The van der Waals surface area contributed by atoms with Crippen LogP contribution in [0.3, 0.4) is 0 Å². The Morgan fingerprint density at radius 1 is 0.897 bits per heavy atom. The van der Waals surface area contributed by atoms with Crippen molar-refractivity contribution in [3.05, 3.63) is 89.5 Å². The number of halogens is 1. The average Bonchev–Trinajstić information content (AvgIpc) is 3.13. The first-order valence-electron chi connectivity index (χ1n) is 9.39. The number of rotatable bonds is 4. The molecule has 0 amide bonds. The summed E-state index contributed by atoms with van der Waals surface area (Å²) in [7, 11) is 0. The second kappa shape index (κ2) is 7.22. The Hall–Kier alpha value is -3.37. The molecule has 0 aliphatic carbocycles. The van der Waals surface area contributed by atoms with Gasteiger partial charge < -0.3 is 9.72 Å². The molecule has 4 nitrogen and oxygen atoms in total. The first-order chi connectivity index (χ1) is 14.2. The van der Waals surface area contributed by atoms with E-state index in [0.29, 0.717) is 11.6 Å². The molecule has 0 saturated carbocycles. The molecule has 5 aromatic rings. The summed E-state index contributed by atoms with van der Waals surface area (Å²) in [5.74, 6) is 0.800. The molecule has 0 saturated heterocycles. The van der Waals surface area contributed by atoms with Gasteiger partial charge in [-0.2, -0.15) is 0 Å². The zero-order valence-electron chi connectivity index (χ0n) is 15.8. The second-order valence-electron chi connectivity index (χ2n) is 6.95. The molecule has 5 heteroatoms. The van der Waals surface area contributed by atoms with E-state index in [-0.39, 0.29) is 0 Å². The molecule has 1 N–H and O–H groups in total. The maximum atomic E-state index is 6.46. The van der Waals surface area contributed by atoms with Crippen molar-refractivity contribution in [2.24, 2.45) is 0 Å². The number of ether oxygens (including phenoxy) is 1. The van der Waals surface area contributed by atoms with Gasteiger partial charge in [0.1, 0.15) is 12.4 Å². The van der Waals surface area contributed by atoms with Gasteiger partial charge in [0.05, 0.1) is 22.4 Å². The molecule has 0 fully saturated rings. The number of aromatic amines is 1. The topological polar surface area (TPSA) is 50.8 Å². The number of fused-ring (bicyclic) bond motifs is 3. The van der Waals surface area contributed by atoms with E-state index in [4.69, 9.17) is 16.3 Å². The molecule has 142 valence electrons. The van der Waals surface area contributed by atoms with Crippen LogP contribution in [-0.4, -0.2) is 15.0 Å². The minimum Gasteiger partial charge on any atom is -0.487 e. The van der Waals surface area contributed by atoms with E-state index in [2.05, 4.69) is 27.1 Å². The monoisotopic (exact) mass is 399 g/mol. The van der Waals surface area contributed by atoms with Crippen molar-refractivity contribution in [3.8, 4) is 16.9 Å². The zero-order chi connectivity index (χ0) is 19.8. The van der Waals surface area contributed by atoms with Crippen LogP contribution in [-0.2, 0) is 6.61 Å². The predicted octanol–water partition coefficient (Wildman–Crippen LogP) is 6.32. The number of hydrogen-bond donors (Lipinski definition) is 1. The van der Waals surface area contributed by atoms with Crippen LogP contribution in [0, 0.1) is 6.92 Å². The van der Waals surface area contributed by atoms with E-state index in [1.54, 1.807) is 6.20 Å². The summed E-state index contributed by atoms with van der Waals surface area (Å²) in [5.41, 5.74) is 6.09. The summed E-state index contributed by atoms with van der Waals surface area (Å²) in [6, 6.07) is 19.9. The molecule has 29 heavy (non-hydrogen) atoms. The minimum absolute atomic E-state index is 0.440. The smallest absolute Gasteiger partial charge is 0.130 e. The van der Waals surface area contributed by atoms with Crippen molar-refractivity contribution >= 4 is 33.4 Å². The van der Waals surface area contributed by atoms with Gasteiger partial charge >= 0.3 is 0 Å². The Morgan fingerprint density at radius 2 is 1.76 bits per heavy atom. The first-order valence-corrected chi connectivity index (χ1v) is 9.76. The Bertz CT molecular complexity index is 1310. The van der Waals surface area contributed by atoms with Crippen LogP contribution < -0.4 is 4.74 Å². The Morgan fingerprint density at radius 3 is 2.55 bits per heavy atom. The van der Waals surface area contributed by atoms with Gasteiger partial charge in [-0.05, 0) is 55.0 Å². The van der Waals surface area contributed by atoms with Crippen LogP contribution in [0.15, 0.2) is 73.1 Å². The number of aryl methyl sites for hydroxylation is 1. The highest BCUT2D eigenvalue weighted by molar-refractivity contribution is 6.32. The summed E-state index contributed by atoms with van der Waals surface area (Å²) in [6.45, 7) is 2.45. The fourth-order valence-electron chi connectivity index (χ4n) is 3.63. The summed E-state index contributed by atoms with van der Waals surface area (Å²) in [4.78, 5) is 12.2. The molecule has 0 atom stereocenters. The predicted molar refractivity (Wildman–Crippen MR) is 117 cm³/mol. The Kier molecular flexibility index (Phi) is 4.41. The Balaban J connectivity index is 1.52. The number of benzene rings is 2. The van der Waals surface area contributed by atoms with Crippen LogP contribution in [0.5, 0.6) is 5.75 Å². The minimum atomic E-state index is 0.440. The number of nitrogens with zero attached hydrogens (tertiary/aromatic N) is 2. The normalized spacial score (nSPS) is 11.2. The van der Waals surface area contributed by atoms with Crippen LogP contribution >= 0.6 is 11.6 Å². The second-order valence-corrected chi connectivity index (χ2v) is 7.39. The molecule has 3 heterocycles. The molecule has 2 aromatic carbocycles. The largest absolute Gasteiger partial charge is 0.487 e. The first kappa shape index (κ1) is 17.7. The van der Waals surface area contributed by atoms with Gasteiger partial charge in [0, 0.05) is 33.8 Å². The fraction of sp³-hybridized carbons (Fsp3) is 0.0833. The summed E-state index contributed by atoms with van der Waals surface area (Å²) in [6.07, 6.45) is 3.60. The summed E-state index contributed by atoms with van der Waals surface area (Å²) in [5, 5.41) is 2.94. The van der Waals surface area contributed by atoms with Crippen molar-refractivity contribution < 1.29 is 4.74 Å². The molecule has 0 bridgehead atoms. The van der Waals surface area contributed by atoms with Crippen LogP contribution in [0.25, 0.3) is 32.9 Å². The lowest BCUT2D eigenvalue weighted by molar-refractivity contribution is 0.301.